The molecule has 108 valence electrons. The molecule has 6 nitrogen and oxygen atoms in total. The van der Waals surface area contributed by atoms with Crippen molar-refractivity contribution in [2.75, 3.05) is 6.61 Å². The number of rotatable bonds is 7. The number of hydrogen-bond donors (Lipinski definition) is 2. The number of esters is 1. The summed E-state index contributed by atoms with van der Waals surface area (Å²) < 4.78 is 4.88. The average Bonchev–Trinajstić information content (AvgIpc) is 2.37. The van der Waals surface area contributed by atoms with E-state index in [2.05, 4.69) is 0 Å². The molecule has 0 saturated heterocycles. The van der Waals surface area contributed by atoms with Crippen LogP contribution >= 0.6 is 0 Å². The van der Waals surface area contributed by atoms with Crippen molar-refractivity contribution in [3.63, 3.8) is 0 Å². The van der Waals surface area contributed by atoms with E-state index in [9.17, 15) is 14.4 Å². The van der Waals surface area contributed by atoms with Gasteiger partial charge in [-0.05, 0) is 30.5 Å². The van der Waals surface area contributed by atoms with Crippen LogP contribution in [0.25, 0.3) is 0 Å². The molecule has 0 unspecified atom stereocenters. The van der Waals surface area contributed by atoms with Crippen molar-refractivity contribution in [1.29, 1.82) is 0 Å². The van der Waals surface area contributed by atoms with Gasteiger partial charge < -0.3 is 14.9 Å². The topological polar surface area (TPSA) is 101 Å². The summed E-state index contributed by atoms with van der Waals surface area (Å²) in [6, 6.07) is 4.65. The molecule has 0 aromatic heterocycles. The van der Waals surface area contributed by atoms with Gasteiger partial charge in [-0.3, -0.25) is 9.59 Å². The highest BCUT2D eigenvalue weighted by molar-refractivity contribution is 5.92. The van der Waals surface area contributed by atoms with Crippen molar-refractivity contribution < 1.29 is 29.3 Å². The smallest absolute Gasteiger partial charge is 0.338 e. The predicted octanol–water partition coefficient (Wildman–Crippen LogP) is 1.51. The highest BCUT2D eigenvalue weighted by Crippen LogP contribution is 2.16. The summed E-state index contributed by atoms with van der Waals surface area (Å²) in [5, 5.41) is 17.5. The summed E-state index contributed by atoms with van der Waals surface area (Å²) in [5.41, 5.74) is 1.19. The highest BCUT2D eigenvalue weighted by atomic mass is 16.5. The Balaban J connectivity index is 3.03. The fourth-order valence-electron chi connectivity index (χ4n) is 1.75. The highest BCUT2D eigenvalue weighted by Gasteiger charge is 2.15. The second-order valence-corrected chi connectivity index (χ2v) is 4.18. The van der Waals surface area contributed by atoms with E-state index >= 15 is 0 Å². The summed E-state index contributed by atoms with van der Waals surface area (Å²) in [5.74, 6) is -2.58. The quantitative estimate of drug-likeness (QED) is 0.734. The number of carboxylic acids is 2. The average molecular weight is 280 g/mol. The Labute approximate surface area is 116 Å². The first-order chi connectivity index (χ1) is 9.43. The van der Waals surface area contributed by atoms with Crippen LogP contribution in [0.5, 0.6) is 0 Å². The monoisotopic (exact) mass is 280 g/mol. The SMILES string of the molecule is CCOC(=O)c1cc(CCC(=O)O)ccc1CC(=O)O. The Morgan fingerprint density at radius 2 is 1.85 bits per heavy atom. The van der Waals surface area contributed by atoms with E-state index in [4.69, 9.17) is 14.9 Å². The molecule has 0 bridgehead atoms. The Morgan fingerprint density at radius 3 is 2.40 bits per heavy atom. The number of aryl methyl sites for hydroxylation is 1. The number of hydrogen-bond acceptors (Lipinski definition) is 4. The van der Waals surface area contributed by atoms with Gasteiger partial charge in [0.1, 0.15) is 0 Å². The minimum absolute atomic E-state index is 0.0550. The van der Waals surface area contributed by atoms with Gasteiger partial charge in [0, 0.05) is 6.42 Å². The Kier molecular flexibility index (Phi) is 5.71. The predicted molar refractivity (Wildman–Crippen MR) is 69.7 cm³/mol. The van der Waals surface area contributed by atoms with Gasteiger partial charge in [0.15, 0.2) is 0 Å². The van der Waals surface area contributed by atoms with E-state index in [1.165, 1.54) is 12.1 Å². The van der Waals surface area contributed by atoms with Gasteiger partial charge in [-0.2, -0.15) is 0 Å². The molecule has 1 aromatic rings. The second kappa shape index (κ2) is 7.28. The van der Waals surface area contributed by atoms with Crippen molar-refractivity contribution >= 4 is 17.9 Å². The van der Waals surface area contributed by atoms with Crippen LogP contribution in [-0.4, -0.2) is 34.7 Å². The van der Waals surface area contributed by atoms with E-state index in [1.54, 1.807) is 13.0 Å². The maximum absolute atomic E-state index is 11.8. The van der Waals surface area contributed by atoms with E-state index in [0.29, 0.717) is 11.1 Å². The van der Waals surface area contributed by atoms with Crippen LogP contribution in [0, 0.1) is 0 Å². The first-order valence-electron chi connectivity index (χ1n) is 6.16. The number of carbonyl (C=O) groups excluding carboxylic acids is 1. The zero-order chi connectivity index (χ0) is 15.1. The van der Waals surface area contributed by atoms with Crippen LogP contribution in [0.4, 0.5) is 0 Å². The van der Waals surface area contributed by atoms with E-state index in [-0.39, 0.29) is 31.4 Å². The summed E-state index contributed by atoms with van der Waals surface area (Å²) in [7, 11) is 0. The van der Waals surface area contributed by atoms with Gasteiger partial charge in [-0.1, -0.05) is 12.1 Å². The molecule has 0 heterocycles. The van der Waals surface area contributed by atoms with E-state index in [1.807, 2.05) is 0 Å². The lowest BCUT2D eigenvalue weighted by atomic mass is 9.99. The number of carboxylic acid groups (broad SMARTS) is 2. The normalized spacial score (nSPS) is 10.1. The second-order valence-electron chi connectivity index (χ2n) is 4.18. The number of aliphatic carboxylic acids is 2. The fraction of sp³-hybridized carbons (Fsp3) is 0.357. The standard InChI is InChI=1S/C14H16O6/c1-2-20-14(19)11-7-9(4-6-12(15)16)3-5-10(11)8-13(17)18/h3,5,7H,2,4,6,8H2,1H3,(H,15,16)(H,17,18). The molecule has 20 heavy (non-hydrogen) atoms. The van der Waals surface area contributed by atoms with Crippen LogP contribution in [-0.2, 0) is 27.2 Å². The molecule has 0 aliphatic heterocycles. The molecule has 1 aromatic carbocycles. The largest absolute Gasteiger partial charge is 0.481 e. The van der Waals surface area contributed by atoms with E-state index < -0.39 is 17.9 Å². The molecule has 0 atom stereocenters. The number of benzene rings is 1. The van der Waals surface area contributed by atoms with Crippen molar-refractivity contribution in [2.45, 2.75) is 26.2 Å². The molecule has 0 fully saturated rings. The number of ether oxygens (including phenoxy) is 1. The first kappa shape index (κ1) is 15.7. The lowest BCUT2D eigenvalue weighted by Gasteiger charge is -2.09. The lowest BCUT2D eigenvalue weighted by molar-refractivity contribution is -0.137. The molecule has 2 N–H and O–H groups in total. The molecule has 0 aliphatic carbocycles. The molecule has 0 amide bonds. The third-order valence-corrected chi connectivity index (χ3v) is 2.64. The van der Waals surface area contributed by atoms with Gasteiger partial charge >= 0.3 is 17.9 Å². The van der Waals surface area contributed by atoms with Gasteiger partial charge in [-0.15, -0.1) is 0 Å². The molecule has 0 radical (unpaired) electrons. The zero-order valence-corrected chi connectivity index (χ0v) is 11.1. The minimum atomic E-state index is -1.05. The third-order valence-electron chi connectivity index (χ3n) is 2.64. The summed E-state index contributed by atoms with van der Waals surface area (Å²) in [4.78, 5) is 33.1. The lowest BCUT2D eigenvalue weighted by Crippen LogP contribution is -2.12. The zero-order valence-electron chi connectivity index (χ0n) is 11.1. The van der Waals surface area contributed by atoms with Gasteiger partial charge in [0.25, 0.3) is 0 Å². The first-order valence-corrected chi connectivity index (χ1v) is 6.16. The van der Waals surface area contributed by atoms with Crippen LogP contribution in [0.15, 0.2) is 18.2 Å². The number of carbonyl (C=O) groups is 3. The molecular weight excluding hydrogens is 264 g/mol. The molecule has 0 aliphatic rings. The van der Waals surface area contributed by atoms with Crippen LogP contribution in [0.2, 0.25) is 0 Å². The summed E-state index contributed by atoms with van der Waals surface area (Å²) in [6.07, 6.45) is -0.0665. The fourth-order valence-corrected chi connectivity index (χ4v) is 1.75. The molecular formula is C14H16O6. The molecule has 6 heteroatoms. The van der Waals surface area contributed by atoms with Crippen LogP contribution in [0.1, 0.15) is 34.8 Å². The maximum Gasteiger partial charge on any atom is 0.338 e. The van der Waals surface area contributed by atoms with Crippen LogP contribution < -0.4 is 0 Å². The van der Waals surface area contributed by atoms with Crippen molar-refractivity contribution in [3.8, 4) is 0 Å². The third kappa shape index (κ3) is 4.72. The Bertz CT molecular complexity index is 520. The van der Waals surface area contributed by atoms with Crippen molar-refractivity contribution in [3.05, 3.63) is 34.9 Å². The molecule has 0 spiro atoms. The van der Waals surface area contributed by atoms with Gasteiger partial charge in [0.05, 0.1) is 18.6 Å². The minimum Gasteiger partial charge on any atom is -0.481 e. The van der Waals surface area contributed by atoms with Crippen LogP contribution in [0.3, 0.4) is 0 Å². The summed E-state index contributed by atoms with van der Waals surface area (Å²) in [6.45, 7) is 1.84. The Hall–Kier alpha value is -2.37. The van der Waals surface area contributed by atoms with Crippen molar-refractivity contribution in [1.82, 2.24) is 0 Å². The van der Waals surface area contributed by atoms with Gasteiger partial charge in [-0.25, -0.2) is 4.79 Å². The molecule has 0 saturated carbocycles. The van der Waals surface area contributed by atoms with E-state index in [0.717, 1.165) is 0 Å². The summed E-state index contributed by atoms with van der Waals surface area (Å²) >= 11 is 0. The van der Waals surface area contributed by atoms with Gasteiger partial charge in [0.2, 0.25) is 0 Å². The Morgan fingerprint density at radius 1 is 1.15 bits per heavy atom. The maximum atomic E-state index is 11.8. The molecule has 1 rings (SSSR count). The van der Waals surface area contributed by atoms with Crippen molar-refractivity contribution in [2.24, 2.45) is 0 Å².